The highest BCUT2D eigenvalue weighted by Crippen LogP contribution is 2.35. The molecule has 2 aliphatic rings. The Kier molecular flexibility index (Phi) is 4.85. The Bertz CT molecular complexity index is 301. The van der Waals surface area contributed by atoms with Gasteiger partial charge in [0.15, 0.2) is 0 Å². The van der Waals surface area contributed by atoms with Crippen LogP contribution in [0.15, 0.2) is 0 Å². The van der Waals surface area contributed by atoms with E-state index in [4.69, 9.17) is 10.5 Å². The van der Waals surface area contributed by atoms with Crippen molar-refractivity contribution in [2.45, 2.75) is 64.5 Å². The smallest absolute Gasteiger partial charge is 0.237 e. The number of carbonyl (C=O) groups excluding carboxylic acids is 1. The van der Waals surface area contributed by atoms with Gasteiger partial charge < -0.3 is 15.8 Å². The molecule has 1 unspecified atom stereocenters. The second-order valence-electron chi connectivity index (χ2n) is 6.92. The standard InChI is InChI=1S/C15H28N2O2/c1-15(2)7-3-12(4-8-15)17-14(18)13(16)11-5-9-19-10-6-11/h11-13H,3-10,16H2,1-2H3,(H,17,18). The summed E-state index contributed by atoms with van der Waals surface area (Å²) >= 11 is 0. The molecule has 19 heavy (non-hydrogen) atoms. The number of nitrogens with two attached hydrogens (primary N) is 1. The predicted octanol–water partition coefficient (Wildman–Crippen LogP) is 1.83. The van der Waals surface area contributed by atoms with E-state index in [2.05, 4.69) is 19.2 Å². The van der Waals surface area contributed by atoms with Gasteiger partial charge in [-0.1, -0.05) is 13.8 Å². The lowest BCUT2D eigenvalue weighted by Gasteiger charge is -2.35. The van der Waals surface area contributed by atoms with Crippen molar-refractivity contribution < 1.29 is 9.53 Å². The maximum Gasteiger partial charge on any atom is 0.237 e. The van der Waals surface area contributed by atoms with Crippen LogP contribution in [-0.2, 0) is 9.53 Å². The van der Waals surface area contributed by atoms with Gasteiger partial charge in [-0.05, 0) is 49.9 Å². The summed E-state index contributed by atoms with van der Waals surface area (Å²) in [4.78, 5) is 12.2. The maximum atomic E-state index is 12.2. The van der Waals surface area contributed by atoms with Crippen LogP contribution in [-0.4, -0.2) is 31.2 Å². The van der Waals surface area contributed by atoms with Gasteiger partial charge in [0.2, 0.25) is 5.91 Å². The molecule has 1 amide bonds. The number of hydrogen-bond acceptors (Lipinski definition) is 3. The van der Waals surface area contributed by atoms with Crippen LogP contribution < -0.4 is 11.1 Å². The molecular formula is C15H28N2O2. The molecule has 110 valence electrons. The van der Waals surface area contributed by atoms with Crippen molar-refractivity contribution in [2.75, 3.05) is 13.2 Å². The third-order valence-electron chi connectivity index (χ3n) is 4.76. The molecule has 0 radical (unpaired) electrons. The summed E-state index contributed by atoms with van der Waals surface area (Å²) in [7, 11) is 0. The fourth-order valence-corrected chi connectivity index (χ4v) is 3.13. The zero-order valence-electron chi connectivity index (χ0n) is 12.3. The Hall–Kier alpha value is -0.610. The lowest BCUT2D eigenvalue weighted by atomic mass is 9.75. The molecule has 1 atom stereocenters. The summed E-state index contributed by atoms with van der Waals surface area (Å²) in [6.45, 7) is 6.09. The fourth-order valence-electron chi connectivity index (χ4n) is 3.13. The summed E-state index contributed by atoms with van der Waals surface area (Å²) in [6, 6.07) is -0.0368. The van der Waals surface area contributed by atoms with Gasteiger partial charge in [-0.25, -0.2) is 0 Å². The highest BCUT2D eigenvalue weighted by atomic mass is 16.5. The molecule has 1 aliphatic carbocycles. The number of carbonyl (C=O) groups is 1. The molecule has 1 saturated heterocycles. The predicted molar refractivity (Wildman–Crippen MR) is 75.7 cm³/mol. The van der Waals surface area contributed by atoms with Gasteiger partial charge in [0.05, 0.1) is 6.04 Å². The first-order chi connectivity index (χ1) is 8.98. The van der Waals surface area contributed by atoms with Crippen LogP contribution in [0.2, 0.25) is 0 Å². The summed E-state index contributed by atoms with van der Waals surface area (Å²) in [6.07, 6.45) is 6.35. The molecule has 4 nitrogen and oxygen atoms in total. The molecule has 1 saturated carbocycles. The van der Waals surface area contributed by atoms with Crippen LogP contribution >= 0.6 is 0 Å². The third-order valence-corrected chi connectivity index (χ3v) is 4.76. The Morgan fingerprint density at radius 1 is 1.21 bits per heavy atom. The van der Waals surface area contributed by atoms with Crippen molar-refractivity contribution >= 4 is 5.91 Å². The Morgan fingerprint density at radius 2 is 1.79 bits per heavy atom. The number of nitrogens with one attached hydrogen (secondary N) is 1. The molecule has 0 bridgehead atoms. The Morgan fingerprint density at radius 3 is 2.37 bits per heavy atom. The Labute approximate surface area is 116 Å². The van der Waals surface area contributed by atoms with Crippen LogP contribution in [0.5, 0.6) is 0 Å². The average Bonchev–Trinajstić information content (AvgIpc) is 2.41. The van der Waals surface area contributed by atoms with E-state index in [1.54, 1.807) is 0 Å². The number of amides is 1. The second kappa shape index (κ2) is 6.23. The van der Waals surface area contributed by atoms with Crippen LogP contribution in [0, 0.1) is 11.3 Å². The van der Waals surface area contributed by atoms with Crippen molar-refractivity contribution in [3.05, 3.63) is 0 Å². The quantitative estimate of drug-likeness (QED) is 0.820. The van der Waals surface area contributed by atoms with Crippen LogP contribution in [0.4, 0.5) is 0 Å². The average molecular weight is 268 g/mol. The monoisotopic (exact) mass is 268 g/mol. The zero-order chi connectivity index (χ0) is 13.9. The van der Waals surface area contributed by atoms with Crippen molar-refractivity contribution in [2.24, 2.45) is 17.1 Å². The molecule has 0 spiro atoms. The summed E-state index contributed by atoms with van der Waals surface area (Å²) in [5.41, 5.74) is 6.53. The van der Waals surface area contributed by atoms with E-state index in [9.17, 15) is 4.79 Å². The highest BCUT2D eigenvalue weighted by molar-refractivity contribution is 5.82. The first kappa shape index (κ1) is 14.8. The fraction of sp³-hybridized carbons (Fsp3) is 0.933. The molecule has 0 aromatic rings. The second-order valence-corrected chi connectivity index (χ2v) is 6.92. The molecule has 3 N–H and O–H groups in total. The van der Waals surface area contributed by atoms with Gasteiger partial charge in [-0.3, -0.25) is 4.79 Å². The SMILES string of the molecule is CC1(C)CCC(NC(=O)C(N)C2CCOCC2)CC1. The number of ether oxygens (including phenoxy) is 1. The summed E-state index contributed by atoms with van der Waals surface area (Å²) in [5, 5.41) is 3.15. The molecular weight excluding hydrogens is 240 g/mol. The van der Waals surface area contributed by atoms with Gasteiger partial charge >= 0.3 is 0 Å². The topological polar surface area (TPSA) is 64.4 Å². The first-order valence-electron chi connectivity index (χ1n) is 7.62. The van der Waals surface area contributed by atoms with Gasteiger partial charge in [0.25, 0.3) is 0 Å². The Balaban J connectivity index is 1.77. The lowest BCUT2D eigenvalue weighted by Crippen LogP contribution is -2.51. The minimum absolute atomic E-state index is 0.0385. The van der Waals surface area contributed by atoms with Gasteiger partial charge in [0.1, 0.15) is 0 Å². The first-order valence-corrected chi connectivity index (χ1v) is 7.62. The molecule has 0 aromatic heterocycles. The van der Waals surface area contributed by atoms with Gasteiger partial charge in [-0.2, -0.15) is 0 Å². The zero-order valence-corrected chi connectivity index (χ0v) is 12.3. The minimum atomic E-state index is -0.362. The molecule has 2 fully saturated rings. The largest absolute Gasteiger partial charge is 0.381 e. The van der Waals surface area contributed by atoms with Crippen molar-refractivity contribution in [3.63, 3.8) is 0 Å². The molecule has 4 heteroatoms. The van der Waals surface area contributed by atoms with Crippen molar-refractivity contribution in [1.29, 1.82) is 0 Å². The highest BCUT2D eigenvalue weighted by Gasteiger charge is 2.31. The van der Waals surface area contributed by atoms with E-state index >= 15 is 0 Å². The molecule has 2 rings (SSSR count). The lowest BCUT2D eigenvalue weighted by molar-refractivity contribution is -0.125. The van der Waals surface area contributed by atoms with Crippen molar-refractivity contribution in [1.82, 2.24) is 5.32 Å². The summed E-state index contributed by atoms with van der Waals surface area (Å²) in [5.74, 6) is 0.324. The minimum Gasteiger partial charge on any atom is -0.381 e. The molecule has 1 heterocycles. The molecule has 0 aromatic carbocycles. The van der Waals surface area contributed by atoms with E-state index < -0.39 is 0 Å². The van der Waals surface area contributed by atoms with Crippen LogP contribution in [0.25, 0.3) is 0 Å². The van der Waals surface area contributed by atoms with Crippen molar-refractivity contribution in [3.8, 4) is 0 Å². The van der Waals surface area contributed by atoms with E-state index in [1.807, 2.05) is 0 Å². The van der Waals surface area contributed by atoms with Gasteiger partial charge in [-0.15, -0.1) is 0 Å². The van der Waals surface area contributed by atoms with Crippen LogP contribution in [0.1, 0.15) is 52.4 Å². The van der Waals surface area contributed by atoms with E-state index in [1.165, 1.54) is 12.8 Å². The van der Waals surface area contributed by atoms with Crippen LogP contribution in [0.3, 0.4) is 0 Å². The van der Waals surface area contributed by atoms with E-state index in [0.717, 1.165) is 38.9 Å². The molecule has 1 aliphatic heterocycles. The summed E-state index contributed by atoms with van der Waals surface area (Å²) < 4.78 is 5.32. The van der Waals surface area contributed by atoms with E-state index in [0.29, 0.717) is 11.5 Å². The van der Waals surface area contributed by atoms with E-state index in [-0.39, 0.29) is 17.9 Å². The normalized spacial score (nSPS) is 26.9. The third kappa shape index (κ3) is 4.18. The number of rotatable bonds is 3. The maximum absolute atomic E-state index is 12.2. The number of hydrogen-bond donors (Lipinski definition) is 2. The van der Waals surface area contributed by atoms with Gasteiger partial charge in [0, 0.05) is 19.3 Å².